The van der Waals surface area contributed by atoms with Crippen LogP contribution >= 0.6 is 11.3 Å². The number of ether oxygens (including phenoxy) is 1. The first-order chi connectivity index (χ1) is 19.1. The lowest BCUT2D eigenvalue weighted by molar-refractivity contribution is -0.137. The van der Waals surface area contributed by atoms with E-state index in [4.69, 9.17) is 21.3 Å². The van der Waals surface area contributed by atoms with Gasteiger partial charge in [-0.15, -0.1) is 11.3 Å². The Morgan fingerprint density at radius 2 is 1.55 bits per heavy atom. The molecule has 0 radical (unpaired) electrons. The number of fused-ring (bicyclic) bond motifs is 1. The fourth-order valence-corrected chi connectivity index (χ4v) is 4.61. The zero-order valence-electron chi connectivity index (χ0n) is 20.9. The summed E-state index contributed by atoms with van der Waals surface area (Å²) in [6, 6.07) is 17.6. The molecule has 0 fully saturated rings. The summed E-state index contributed by atoms with van der Waals surface area (Å²) in [5, 5.41) is 21.4. The fourth-order valence-electron chi connectivity index (χ4n) is 3.86. The predicted molar refractivity (Wildman–Crippen MR) is 149 cm³/mol. The number of guanidine groups is 1. The van der Waals surface area contributed by atoms with Crippen LogP contribution in [0.5, 0.6) is 5.75 Å². The van der Waals surface area contributed by atoms with Crippen molar-refractivity contribution in [1.29, 1.82) is 0 Å². The van der Waals surface area contributed by atoms with E-state index in [1.165, 1.54) is 23.1 Å². The van der Waals surface area contributed by atoms with Crippen molar-refractivity contribution in [2.45, 2.75) is 13.0 Å². The van der Waals surface area contributed by atoms with Crippen molar-refractivity contribution in [3.8, 4) is 5.75 Å². The minimum atomic E-state index is -1.07. The van der Waals surface area contributed by atoms with Gasteiger partial charge in [-0.2, -0.15) is 0 Å². The van der Waals surface area contributed by atoms with Gasteiger partial charge in [-0.05, 0) is 76.3 Å². The van der Waals surface area contributed by atoms with E-state index in [1.54, 1.807) is 53.9 Å². The highest BCUT2D eigenvalue weighted by Gasteiger charge is 2.19. The molecule has 0 bridgehead atoms. The van der Waals surface area contributed by atoms with E-state index in [9.17, 15) is 24.3 Å². The second kappa shape index (κ2) is 12.1. The zero-order chi connectivity index (χ0) is 28.8. The average Bonchev–Trinajstić information content (AvgIpc) is 3.39. The van der Waals surface area contributed by atoms with Crippen molar-refractivity contribution in [3.05, 3.63) is 93.7 Å². The van der Waals surface area contributed by atoms with Gasteiger partial charge in [0, 0.05) is 18.7 Å². The third-order valence-corrected chi connectivity index (χ3v) is 6.72. The number of hydrogen-bond acceptors (Lipinski definition) is 7. The number of aliphatic imine (C=N–C) groups is 1. The molecule has 4 aromatic rings. The lowest BCUT2D eigenvalue weighted by Gasteiger charge is -2.22. The molecule has 0 spiro atoms. The Morgan fingerprint density at radius 1 is 0.875 bits per heavy atom. The number of nitrogens with two attached hydrogens (primary N) is 2. The van der Waals surface area contributed by atoms with Crippen LogP contribution in [0.3, 0.4) is 0 Å². The summed E-state index contributed by atoms with van der Waals surface area (Å²) in [5.41, 5.74) is 12.4. The maximum absolute atomic E-state index is 13.3. The second-order valence-corrected chi connectivity index (χ2v) is 9.60. The number of esters is 1. The number of carboxylic acid groups (broad SMARTS) is 2. The first-order valence-electron chi connectivity index (χ1n) is 11.9. The van der Waals surface area contributed by atoms with Crippen LogP contribution in [0.15, 0.2) is 77.1 Å². The van der Waals surface area contributed by atoms with Crippen molar-refractivity contribution in [3.63, 3.8) is 0 Å². The van der Waals surface area contributed by atoms with Gasteiger partial charge in [0.2, 0.25) is 0 Å². The highest BCUT2D eigenvalue weighted by molar-refractivity contribution is 7.12. The number of rotatable bonds is 10. The molecule has 0 unspecified atom stereocenters. The van der Waals surface area contributed by atoms with Crippen LogP contribution < -0.4 is 16.2 Å². The van der Waals surface area contributed by atoms with Crippen LogP contribution in [0.25, 0.3) is 10.8 Å². The molecule has 12 heteroatoms. The highest BCUT2D eigenvalue weighted by atomic mass is 32.1. The van der Waals surface area contributed by atoms with Gasteiger partial charge in [0.15, 0.2) is 5.96 Å². The molecule has 3 aromatic carbocycles. The van der Waals surface area contributed by atoms with Crippen LogP contribution in [-0.2, 0) is 11.3 Å². The number of nitrogens with zero attached hydrogens (tertiary/aromatic N) is 2. The fraction of sp³-hybridized carbons (Fsp3) is 0.107. The summed E-state index contributed by atoms with van der Waals surface area (Å²) in [5.74, 6) is -2.89. The molecule has 40 heavy (non-hydrogen) atoms. The Bertz CT molecular complexity index is 1630. The first kappa shape index (κ1) is 27.8. The second-order valence-electron chi connectivity index (χ2n) is 8.69. The number of aliphatic carboxylic acids is 1. The van der Waals surface area contributed by atoms with Crippen LogP contribution in [0, 0.1) is 0 Å². The molecule has 1 amide bonds. The van der Waals surface area contributed by atoms with Gasteiger partial charge in [0.1, 0.15) is 10.6 Å². The highest BCUT2D eigenvalue weighted by Crippen LogP contribution is 2.25. The van der Waals surface area contributed by atoms with E-state index >= 15 is 0 Å². The van der Waals surface area contributed by atoms with Gasteiger partial charge in [-0.1, -0.05) is 12.1 Å². The standard InChI is InChI=1S/C28H24N4O7S/c29-28(30)31-21-6-3-17(4-7-21)27(38)39-22-8-5-18-12-20(2-1-19(18)13-22)25(35)32(10-9-24(33)34)14-16-11-23(26(36)37)40-15-16/h1-8,11-13,15H,9-10,14H2,(H,33,34)(H,36,37)(H4,29,30,31). The van der Waals surface area contributed by atoms with Gasteiger partial charge in [0.05, 0.1) is 17.7 Å². The summed E-state index contributed by atoms with van der Waals surface area (Å²) >= 11 is 1.04. The number of thiophene rings is 1. The largest absolute Gasteiger partial charge is 0.481 e. The van der Waals surface area contributed by atoms with Crippen LogP contribution in [0.4, 0.5) is 5.69 Å². The maximum Gasteiger partial charge on any atom is 0.345 e. The molecular formula is C28H24N4O7S. The molecule has 0 aliphatic carbocycles. The monoisotopic (exact) mass is 560 g/mol. The Labute approximate surface area is 231 Å². The molecule has 6 N–H and O–H groups in total. The van der Waals surface area contributed by atoms with E-state index in [2.05, 4.69) is 4.99 Å². The molecule has 0 aliphatic rings. The van der Waals surface area contributed by atoms with Gasteiger partial charge < -0.3 is 31.3 Å². The van der Waals surface area contributed by atoms with E-state index in [0.717, 1.165) is 11.3 Å². The van der Waals surface area contributed by atoms with Gasteiger partial charge in [-0.3, -0.25) is 9.59 Å². The number of benzene rings is 3. The first-order valence-corrected chi connectivity index (χ1v) is 12.7. The number of carboxylic acids is 2. The third-order valence-electron chi connectivity index (χ3n) is 5.75. The van der Waals surface area contributed by atoms with E-state index in [0.29, 0.717) is 38.9 Å². The topological polar surface area (TPSA) is 186 Å². The SMILES string of the molecule is NC(N)=Nc1ccc(C(=O)Oc2ccc3cc(C(=O)N(CCC(=O)O)Cc4csc(C(=O)O)c4)ccc3c2)cc1. The number of aromatic carboxylic acids is 1. The van der Waals surface area contributed by atoms with Crippen molar-refractivity contribution in [2.24, 2.45) is 16.5 Å². The molecule has 11 nitrogen and oxygen atoms in total. The van der Waals surface area contributed by atoms with Gasteiger partial charge >= 0.3 is 17.9 Å². The van der Waals surface area contributed by atoms with E-state index in [-0.39, 0.29) is 30.3 Å². The summed E-state index contributed by atoms with van der Waals surface area (Å²) in [7, 11) is 0. The molecule has 1 aromatic heterocycles. The van der Waals surface area contributed by atoms with Crippen LogP contribution in [0.2, 0.25) is 0 Å². The summed E-state index contributed by atoms with van der Waals surface area (Å²) in [4.78, 5) is 53.7. The number of amides is 1. The Balaban J connectivity index is 1.50. The predicted octanol–water partition coefficient (Wildman–Crippen LogP) is 3.84. The number of hydrogen-bond donors (Lipinski definition) is 4. The van der Waals surface area contributed by atoms with E-state index < -0.39 is 23.8 Å². The van der Waals surface area contributed by atoms with Crippen LogP contribution in [0.1, 0.15) is 42.4 Å². The Kier molecular flexibility index (Phi) is 8.40. The molecule has 0 saturated carbocycles. The molecular weight excluding hydrogens is 536 g/mol. The van der Waals surface area contributed by atoms with Crippen molar-refractivity contribution < 1.29 is 34.1 Å². The summed E-state index contributed by atoms with van der Waals surface area (Å²) < 4.78 is 5.49. The van der Waals surface area contributed by atoms with Crippen LogP contribution in [-0.4, -0.2) is 51.4 Å². The minimum Gasteiger partial charge on any atom is -0.481 e. The Hall–Kier alpha value is -5.23. The van der Waals surface area contributed by atoms with Crippen molar-refractivity contribution in [2.75, 3.05) is 6.54 Å². The molecule has 0 atom stereocenters. The minimum absolute atomic E-state index is 0.0493. The zero-order valence-corrected chi connectivity index (χ0v) is 21.8. The molecule has 0 aliphatic heterocycles. The van der Waals surface area contributed by atoms with Gasteiger partial charge in [-0.25, -0.2) is 14.6 Å². The molecule has 1 heterocycles. The molecule has 0 saturated heterocycles. The lowest BCUT2D eigenvalue weighted by Crippen LogP contribution is -2.32. The smallest absolute Gasteiger partial charge is 0.345 e. The maximum atomic E-state index is 13.3. The lowest BCUT2D eigenvalue weighted by atomic mass is 10.1. The molecule has 204 valence electrons. The average molecular weight is 561 g/mol. The normalized spacial score (nSPS) is 10.6. The summed E-state index contributed by atoms with van der Waals surface area (Å²) in [6.45, 7) is 0.0159. The van der Waals surface area contributed by atoms with Gasteiger partial charge in [0.25, 0.3) is 5.91 Å². The molecule has 4 rings (SSSR count). The Morgan fingerprint density at radius 3 is 2.20 bits per heavy atom. The van der Waals surface area contributed by atoms with Crippen molar-refractivity contribution in [1.82, 2.24) is 4.90 Å². The summed E-state index contributed by atoms with van der Waals surface area (Å²) in [6.07, 6.45) is -0.263. The quantitative estimate of drug-likeness (QED) is 0.0967. The third kappa shape index (κ3) is 6.99. The number of carbonyl (C=O) groups is 4. The van der Waals surface area contributed by atoms with Crippen molar-refractivity contribution >= 4 is 57.6 Å². The van der Waals surface area contributed by atoms with E-state index in [1.807, 2.05) is 0 Å². The number of carbonyl (C=O) groups excluding carboxylic acids is 2.